The number of nitro groups is 1. The molecule has 0 heterocycles. The van der Waals surface area contributed by atoms with E-state index in [2.05, 4.69) is 30.3 Å². The molecule has 0 fully saturated rings. The fourth-order valence-electron chi connectivity index (χ4n) is 1.71. The van der Waals surface area contributed by atoms with Crippen molar-refractivity contribution in [2.75, 3.05) is 0 Å². The van der Waals surface area contributed by atoms with Gasteiger partial charge in [0, 0.05) is 0 Å². The summed E-state index contributed by atoms with van der Waals surface area (Å²) >= 11 is 2.59. The van der Waals surface area contributed by atoms with Crippen LogP contribution < -0.4 is 0 Å². The molecule has 0 amide bonds. The van der Waals surface area contributed by atoms with E-state index in [0.29, 0.717) is 12.4 Å². The summed E-state index contributed by atoms with van der Waals surface area (Å²) in [5.41, 5.74) is 1.84. The third-order valence-corrected chi connectivity index (χ3v) is 2.93. The van der Waals surface area contributed by atoms with Gasteiger partial charge in [-0.25, -0.2) is 0 Å². The molecule has 2 aromatic rings. The van der Waals surface area contributed by atoms with Crippen LogP contribution >= 0.6 is 0 Å². The zero-order valence-corrected chi connectivity index (χ0v) is 12.7. The van der Waals surface area contributed by atoms with Gasteiger partial charge >= 0.3 is 129 Å². The van der Waals surface area contributed by atoms with Crippen LogP contribution in [-0.2, 0) is 6.54 Å². The molecule has 0 saturated carbocycles. The molecule has 5 nitrogen and oxygen atoms in total. The Morgan fingerprint density at radius 1 is 1.14 bits per heavy atom. The summed E-state index contributed by atoms with van der Waals surface area (Å²) in [6.45, 7) is 0.396. The molecular weight excluding hydrogens is 333 g/mol. The summed E-state index contributed by atoms with van der Waals surface area (Å²) < 4.78 is 2.61. The van der Waals surface area contributed by atoms with Crippen molar-refractivity contribution in [2.45, 2.75) is 6.54 Å². The summed E-state index contributed by atoms with van der Waals surface area (Å²) in [7, 11) is 0. The fourth-order valence-corrected chi connectivity index (χ4v) is 1.89. The first-order valence-corrected chi connectivity index (χ1v) is 6.97. The maximum atomic E-state index is 10.6. The van der Waals surface area contributed by atoms with Crippen LogP contribution in [0.1, 0.15) is 11.1 Å². The van der Waals surface area contributed by atoms with Gasteiger partial charge in [0.05, 0.1) is 0 Å². The molecule has 0 atom stereocenters. The number of nitro benzene ring substituents is 1. The second kappa shape index (κ2) is 7.41. The first kappa shape index (κ1) is 15.0. The van der Waals surface area contributed by atoms with Crippen LogP contribution in [0.15, 0.2) is 64.6 Å². The molecular formula is C15H11N3O2Se. The standard InChI is InChI=1S/C15H11N3O2Se/c19-18(20)14-8-6-12(7-9-14)10-16-15(17-11-21)13-4-2-1-3-5-13/h1-9H,10H2. The molecule has 0 spiro atoms. The number of hydrogen-bond donors (Lipinski definition) is 0. The molecule has 0 radical (unpaired) electrons. The number of rotatable bonds is 4. The Labute approximate surface area is 129 Å². The quantitative estimate of drug-likeness (QED) is 0.281. The number of amidine groups is 1. The monoisotopic (exact) mass is 345 g/mol. The maximum absolute atomic E-state index is 10.6. The van der Waals surface area contributed by atoms with Crippen molar-refractivity contribution in [2.24, 2.45) is 9.98 Å². The Bertz CT molecular complexity index is 705. The minimum absolute atomic E-state index is 0.0699. The zero-order valence-electron chi connectivity index (χ0n) is 11.0. The van der Waals surface area contributed by atoms with E-state index in [4.69, 9.17) is 0 Å². The van der Waals surface area contributed by atoms with Gasteiger partial charge in [0.15, 0.2) is 0 Å². The van der Waals surface area contributed by atoms with Gasteiger partial charge in [-0.05, 0) is 0 Å². The van der Waals surface area contributed by atoms with Gasteiger partial charge in [0.2, 0.25) is 0 Å². The summed E-state index contributed by atoms with van der Waals surface area (Å²) in [6.07, 6.45) is 0. The van der Waals surface area contributed by atoms with E-state index in [-0.39, 0.29) is 5.69 Å². The molecule has 0 aliphatic carbocycles. The average Bonchev–Trinajstić information content (AvgIpc) is 2.52. The molecule has 0 bridgehead atoms. The topological polar surface area (TPSA) is 67.9 Å². The Balaban J connectivity index is 2.20. The van der Waals surface area contributed by atoms with E-state index in [1.807, 2.05) is 30.3 Å². The molecule has 6 heteroatoms. The number of aliphatic imine (C=N–C) groups is 2. The third kappa shape index (κ3) is 4.29. The van der Waals surface area contributed by atoms with Crippen LogP contribution in [0.2, 0.25) is 0 Å². The first-order valence-electron chi connectivity index (χ1n) is 6.12. The Kier molecular flexibility index (Phi) is 5.29. The predicted molar refractivity (Wildman–Crippen MR) is 83.0 cm³/mol. The first-order chi connectivity index (χ1) is 10.2. The molecule has 0 saturated heterocycles. The normalized spacial score (nSPS) is 10.8. The van der Waals surface area contributed by atoms with Crippen molar-refractivity contribution in [3.63, 3.8) is 0 Å². The molecule has 2 rings (SSSR count). The van der Waals surface area contributed by atoms with Gasteiger partial charge in [-0.2, -0.15) is 0 Å². The fraction of sp³-hybridized carbons (Fsp3) is 0.0667. The van der Waals surface area contributed by atoms with E-state index in [1.54, 1.807) is 12.1 Å². The summed E-state index contributed by atoms with van der Waals surface area (Å²) in [6, 6.07) is 15.9. The second-order valence-corrected chi connectivity index (χ2v) is 4.52. The van der Waals surface area contributed by atoms with Crippen LogP contribution in [0.5, 0.6) is 0 Å². The number of hydrogen-bond acceptors (Lipinski definition) is 3. The van der Waals surface area contributed by atoms with E-state index < -0.39 is 4.92 Å². The number of nitrogens with zero attached hydrogens (tertiary/aromatic N) is 3. The molecule has 0 unspecified atom stereocenters. The number of benzene rings is 2. The van der Waals surface area contributed by atoms with Gasteiger partial charge in [-0.1, -0.05) is 0 Å². The summed E-state index contributed by atoms with van der Waals surface area (Å²) in [5.74, 6) is 0.563. The van der Waals surface area contributed by atoms with E-state index in [9.17, 15) is 10.1 Å². The number of non-ortho nitro benzene ring substituents is 1. The van der Waals surface area contributed by atoms with Crippen LogP contribution in [0.4, 0.5) is 5.69 Å². The summed E-state index contributed by atoms with van der Waals surface area (Å²) in [4.78, 5) is 18.7. The van der Waals surface area contributed by atoms with Crippen molar-refractivity contribution in [1.29, 1.82) is 0 Å². The van der Waals surface area contributed by atoms with E-state index in [1.165, 1.54) is 12.1 Å². The predicted octanol–water partition coefficient (Wildman–Crippen LogP) is 2.62. The average molecular weight is 344 g/mol. The Hall–Kier alpha value is -2.39. The minimum atomic E-state index is -0.422. The third-order valence-electron chi connectivity index (χ3n) is 2.74. The van der Waals surface area contributed by atoms with Crippen molar-refractivity contribution in [3.8, 4) is 0 Å². The van der Waals surface area contributed by atoms with Crippen molar-refractivity contribution >= 4 is 31.8 Å². The van der Waals surface area contributed by atoms with Crippen LogP contribution in [0, 0.1) is 10.1 Å². The van der Waals surface area contributed by atoms with Crippen molar-refractivity contribution < 1.29 is 4.92 Å². The van der Waals surface area contributed by atoms with Crippen molar-refractivity contribution in [1.82, 2.24) is 0 Å². The van der Waals surface area contributed by atoms with Crippen LogP contribution in [0.3, 0.4) is 0 Å². The van der Waals surface area contributed by atoms with Crippen LogP contribution in [0.25, 0.3) is 0 Å². The molecule has 0 aliphatic heterocycles. The molecule has 21 heavy (non-hydrogen) atoms. The Morgan fingerprint density at radius 3 is 2.38 bits per heavy atom. The zero-order chi connectivity index (χ0) is 15.1. The molecule has 0 aromatic heterocycles. The van der Waals surface area contributed by atoms with Crippen molar-refractivity contribution in [3.05, 3.63) is 75.8 Å². The van der Waals surface area contributed by atoms with Gasteiger partial charge in [-0.15, -0.1) is 0 Å². The molecule has 104 valence electrons. The summed E-state index contributed by atoms with van der Waals surface area (Å²) in [5, 5.41) is 10.6. The molecule has 2 aromatic carbocycles. The van der Waals surface area contributed by atoms with Gasteiger partial charge in [0.25, 0.3) is 0 Å². The molecule has 0 N–H and O–H groups in total. The Morgan fingerprint density at radius 2 is 1.81 bits per heavy atom. The van der Waals surface area contributed by atoms with Crippen LogP contribution in [-0.4, -0.2) is 31.0 Å². The SMILES string of the molecule is O=[N+]([O-])c1ccc(CN=C(N=C=[Se])c2ccccc2)cc1. The van der Waals surface area contributed by atoms with Gasteiger partial charge < -0.3 is 0 Å². The molecule has 0 aliphatic rings. The van der Waals surface area contributed by atoms with E-state index in [0.717, 1.165) is 11.1 Å². The van der Waals surface area contributed by atoms with E-state index >= 15 is 0 Å². The second-order valence-electron chi connectivity index (χ2n) is 4.13. The van der Waals surface area contributed by atoms with Gasteiger partial charge in [-0.3, -0.25) is 0 Å². The van der Waals surface area contributed by atoms with Gasteiger partial charge in [0.1, 0.15) is 0 Å².